The second kappa shape index (κ2) is 5.80. The standard InChI is InChI=1S/C18H22N4O/c1-13(23)21-10-4-8-16(21)17-9-5-11-22(17)18-14-6-2-3-7-15(14)19-12-20-18/h2-3,6-7,12,16-17H,4-5,8-11H2,1H3. The molecule has 2 aliphatic rings. The van der Waals surface area contributed by atoms with E-state index in [1.54, 1.807) is 13.3 Å². The molecule has 2 unspecified atom stereocenters. The maximum atomic E-state index is 12.0. The average Bonchev–Trinajstić information content (AvgIpc) is 3.22. The van der Waals surface area contributed by atoms with Crippen LogP contribution in [0.3, 0.4) is 0 Å². The van der Waals surface area contributed by atoms with Crippen LogP contribution in [0.15, 0.2) is 30.6 Å². The minimum atomic E-state index is 0.201. The van der Waals surface area contributed by atoms with Crippen molar-refractivity contribution in [2.24, 2.45) is 0 Å². The Morgan fingerprint density at radius 1 is 1.09 bits per heavy atom. The summed E-state index contributed by atoms with van der Waals surface area (Å²) in [4.78, 5) is 25.4. The molecule has 1 amide bonds. The lowest BCUT2D eigenvalue weighted by atomic mass is 10.0. The van der Waals surface area contributed by atoms with E-state index in [2.05, 4.69) is 25.8 Å². The highest BCUT2D eigenvalue weighted by molar-refractivity contribution is 5.89. The molecule has 3 heterocycles. The average molecular weight is 310 g/mol. The number of rotatable bonds is 2. The Morgan fingerprint density at radius 2 is 1.87 bits per heavy atom. The van der Waals surface area contributed by atoms with E-state index in [9.17, 15) is 4.79 Å². The first-order valence-corrected chi connectivity index (χ1v) is 8.49. The second-order valence-electron chi connectivity index (χ2n) is 6.54. The van der Waals surface area contributed by atoms with Crippen LogP contribution in [0.25, 0.3) is 10.9 Å². The molecular weight excluding hydrogens is 288 g/mol. The summed E-state index contributed by atoms with van der Waals surface area (Å²) in [5.74, 6) is 1.22. The van der Waals surface area contributed by atoms with Gasteiger partial charge in [-0.25, -0.2) is 9.97 Å². The smallest absolute Gasteiger partial charge is 0.219 e. The minimum absolute atomic E-state index is 0.201. The van der Waals surface area contributed by atoms with Gasteiger partial charge in [0.15, 0.2) is 0 Å². The first-order valence-electron chi connectivity index (χ1n) is 8.49. The largest absolute Gasteiger partial charge is 0.351 e. The van der Waals surface area contributed by atoms with Crippen LogP contribution in [0.4, 0.5) is 5.82 Å². The number of carbonyl (C=O) groups is 1. The number of carbonyl (C=O) groups excluding carboxylic acids is 1. The lowest BCUT2D eigenvalue weighted by molar-refractivity contribution is -0.129. The van der Waals surface area contributed by atoms with E-state index < -0.39 is 0 Å². The van der Waals surface area contributed by atoms with Crippen molar-refractivity contribution in [3.05, 3.63) is 30.6 Å². The lowest BCUT2D eigenvalue weighted by Crippen LogP contribution is -2.48. The molecule has 0 N–H and O–H groups in total. The van der Waals surface area contributed by atoms with Crippen LogP contribution < -0.4 is 4.90 Å². The van der Waals surface area contributed by atoms with Crippen molar-refractivity contribution in [1.29, 1.82) is 0 Å². The fraction of sp³-hybridized carbons (Fsp3) is 0.500. The van der Waals surface area contributed by atoms with E-state index in [0.29, 0.717) is 12.1 Å². The molecule has 0 bridgehead atoms. The van der Waals surface area contributed by atoms with E-state index in [1.807, 2.05) is 18.2 Å². The summed E-state index contributed by atoms with van der Waals surface area (Å²) in [5.41, 5.74) is 0.984. The Balaban J connectivity index is 1.71. The number of amides is 1. The predicted octanol–water partition coefficient (Wildman–Crippen LogP) is 2.61. The van der Waals surface area contributed by atoms with Crippen molar-refractivity contribution < 1.29 is 4.79 Å². The highest BCUT2D eigenvalue weighted by Crippen LogP contribution is 2.35. The number of para-hydroxylation sites is 1. The van der Waals surface area contributed by atoms with Gasteiger partial charge in [-0.2, -0.15) is 0 Å². The summed E-state index contributed by atoms with van der Waals surface area (Å²) in [6.07, 6.45) is 6.16. The third kappa shape index (κ3) is 2.44. The van der Waals surface area contributed by atoms with Crippen molar-refractivity contribution in [2.75, 3.05) is 18.0 Å². The van der Waals surface area contributed by atoms with Crippen molar-refractivity contribution in [2.45, 2.75) is 44.7 Å². The van der Waals surface area contributed by atoms with E-state index in [4.69, 9.17) is 0 Å². The van der Waals surface area contributed by atoms with E-state index in [-0.39, 0.29) is 5.91 Å². The number of anilines is 1. The van der Waals surface area contributed by atoms with Crippen molar-refractivity contribution in [3.63, 3.8) is 0 Å². The summed E-state index contributed by atoms with van der Waals surface area (Å²) < 4.78 is 0. The van der Waals surface area contributed by atoms with Gasteiger partial charge in [-0.15, -0.1) is 0 Å². The fourth-order valence-corrected chi connectivity index (χ4v) is 4.26. The molecule has 0 radical (unpaired) electrons. The molecule has 2 atom stereocenters. The van der Waals surface area contributed by atoms with Crippen LogP contribution in [0.1, 0.15) is 32.6 Å². The van der Waals surface area contributed by atoms with Crippen LogP contribution in [-0.2, 0) is 4.79 Å². The van der Waals surface area contributed by atoms with Gasteiger partial charge < -0.3 is 9.80 Å². The maximum absolute atomic E-state index is 12.0. The molecule has 2 aliphatic heterocycles. The highest BCUT2D eigenvalue weighted by atomic mass is 16.2. The zero-order chi connectivity index (χ0) is 15.8. The lowest BCUT2D eigenvalue weighted by Gasteiger charge is -2.35. The summed E-state index contributed by atoms with van der Waals surface area (Å²) in [6, 6.07) is 8.87. The summed E-state index contributed by atoms with van der Waals surface area (Å²) in [7, 11) is 0. The maximum Gasteiger partial charge on any atom is 0.219 e. The van der Waals surface area contributed by atoms with Crippen molar-refractivity contribution in [1.82, 2.24) is 14.9 Å². The van der Waals surface area contributed by atoms with E-state index in [1.165, 1.54) is 0 Å². The zero-order valence-corrected chi connectivity index (χ0v) is 13.5. The number of likely N-dealkylation sites (tertiary alicyclic amines) is 1. The van der Waals surface area contributed by atoms with Crippen LogP contribution in [-0.4, -0.2) is 45.9 Å². The molecule has 4 rings (SSSR count). The number of benzene rings is 1. The van der Waals surface area contributed by atoms with Gasteiger partial charge in [0.2, 0.25) is 5.91 Å². The number of hydrogen-bond acceptors (Lipinski definition) is 4. The number of aromatic nitrogens is 2. The van der Waals surface area contributed by atoms with Gasteiger partial charge in [-0.05, 0) is 37.8 Å². The van der Waals surface area contributed by atoms with Gasteiger partial charge in [0, 0.05) is 25.4 Å². The molecule has 5 nitrogen and oxygen atoms in total. The Hall–Kier alpha value is -2.17. The van der Waals surface area contributed by atoms with Gasteiger partial charge >= 0.3 is 0 Å². The fourth-order valence-electron chi connectivity index (χ4n) is 4.26. The molecule has 120 valence electrons. The number of hydrogen-bond donors (Lipinski definition) is 0. The second-order valence-corrected chi connectivity index (χ2v) is 6.54. The van der Waals surface area contributed by atoms with E-state index in [0.717, 1.165) is 55.5 Å². The molecule has 2 fully saturated rings. The Bertz CT molecular complexity index is 727. The molecule has 0 saturated carbocycles. The topological polar surface area (TPSA) is 49.3 Å². The minimum Gasteiger partial charge on any atom is -0.351 e. The Labute approximate surface area is 136 Å². The molecular formula is C18H22N4O. The van der Waals surface area contributed by atoms with Gasteiger partial charge in [-0.3, -0.25) is 4.79 Å². The van der Waals surface area contributed by atoms with Gasteiger partial charge in [0.1, 0.15) is 12.1 Å². The molecule has 0 aliphatic carbocycles. The van der Waals surface area contributed by atoms with Crippen LogP contribution in [0, 0.1) is 0 Å². The first kappa shape index (κ1) is 14.4. The number of fused-ring (bicyclic) bond motifs is 1. The third-order valence-corrected chi connectivity index (χ3v) is 5.24. The first-order chi connectivity index (χ1) is 11.3. The zero-order valence-electron chi connectivity index (χ0n) is 13.5. The third-order valence-electron chi connectivity index (χ3n) is 5.24. The molecule has 1 aromatic heterocycles. The van der Waals surface area contributed by atoms with Gasteiger partial charge in [0.25, 0.3) is 0 Å². The molecule has 5 heteroatoms. The molecule has 1 aromatic carbocycles. The Morgan fingerprint density at radius 3 is 2.74 bits per heavy atom. The van der Waals surface area contributed by atoms with Crippen molar-refractivity contribution in [3.8, 4) is 0 Å². The number of nitrogens with zero attached hydrogens (tertiary/aromatic N) is 4. The summed E-state index contributed by atoms with van der Waals surface area (Å²) in [5, 5.41) is 1.11. The molecule has 23 heavy (non-hydrogen) atoms. The van der Waals surface area contributed by atoms with Gasteiger partial charge in [-0.1, -0.05) is 12.1 Å². The molecule has 2 saturated heterocycles. The highest BCUT2D eigenvalue weighted by Gasteiger charge is 2.39. The SMILES string of the molecule is CC(=O)N1CCCC1C1CCCN1c1ncnc2ccccc12. The van der Waals surface area contributed by atoms with E-state index >= 15 is 0 Å². The van der Waals surface area contributed by atoms with Gasteiger partial charge in [0.05, 0.1) is 17.6 Å². The van der Waals surface area contributed by atoms with Crippen LogP contribution >= 0.6 is 0 Å². The van der Waals surface area contributed by atoms with Crippen molar-refractivity contribution >= 4 is 22.6 Å². The summed E-state index contributed by atoms with van der Waals surface area (Å²) >= 11 is 0. The Kier molecular flexibility index (Phi) is 3.63. The molecule has 0 spiro atoms. The quantitative estimate of drug-likeness (QED) is 0.855. The van der Waals surface area contributed by atoms with Crippen LogP contribution in [0.5, 0.6) is 0 Å². The monoisotopic (exact) mass is 310 g/mol. The molecule has 2 aromatic rings. The summed E-state index contributed by atoms with van der Waals surface area (Å²) in [6.45, 7) is 3.60. The normalized spacial score (nSPS) is 24.6. The van der Waals surface area contributed by atoms with Crippen LogP contribution in [0.2, 0.25) is 0 Å². The predicted molar refractivity (Wildman–Crippen MR) is 90.3 cm³/mol.